The van der Waals surface area contributed by atoms with Crippen molar-refractivity contribution >= 4 is 17.5 Å². The van der Waals surface area contributed by atoms with Crippen molar-refractivity contribution in [2.45, 2.75) is 26.7 Å². The van der Waals surface area contributed by atoms with E-state index in [9.17, 15) is 19.7 Å². The predicted octanol–water partition coefficient (Wildman–Crippen LogP) is 2.79. The van der Waals surface area contributed by atoms with Crippen molar-refractivity contribution < 1.29 is 14.5 Å². The molecule has 1 heterocycles. The zero-order valence-electron chi connectivity index (χ0n) is 16.6. The van der Waals surface area contributed by atoms with Gasteiger partial charge >= 0.3 is 0 Å². The molecular weight excluding hydrogens is 386 g/mol. The first-order valence-electron chi connectivity index (χ1n) is 9.31. The van der Waals surface area contributed by atoms with E-state index in [4.69, 9.17) is 0 Å². The molecule has 2 amide bonds. The van der Waals surface area contributed by atoms with Crippen molar-refractivity contribution in [3.05, 3.63) is 87.2 Å². The molecule has 2 N–H and O–H groups in total. The Morgan fingerprint density at radius 2 is 1.80 bits per heavy atom. The van der Waals surface area contributed by atoms with Crippen molar-refractivity contribution in [1.82, 2.24) is 20.6 Å². The Morgan fingerprint density at radius 1 is 1.07 bits per heavy atom. The molecule has 2 aromatic carbocycles. The molecule has 1 aromatic heterocycles. The van der Waals surface area contributed by atoms with Crippen molar-refractivity contribution in [3.8, 4) is 5.69 Å². The number of aryl methyl sites for hydroxylation is 1. The number of amides is 2. The summed E-state index contributed by atoms with van der Waals surface area (Å²) in [6.07, 6.45) is 0.612. The Morgan fingerprint density at radius 3 is 2.50 bits per heavy atom. The van der Waals surface area contributed by atoms with Gasteiger partial charge in [-0.05, 0) is 44.0 Å². The van der Waals surface area contributed by atoms with Gasteiger partial charge in [0, 0.05) is 29.8 Å². The first-order valence-corrected chi connectivity index (χ1v) is 9.31. The summed E-state index contributed by atoms with van der Waals surface area (Å²) in [6.45, 7) is 3.84. The van der Waals surface area contributed by atoms with Crippen LogP contribution in [0, 0.1) is 24.0 Å². The number of non-ortho nitro benzene ring substituents is 1. The highest BCUT2D eigenvalue weighted by Crippen LogP contribution is 2.19. The number of nitrogens with one attached hydrogen (secondary N) is 2. The van der Waals surface area contributed by atoms with E-state index in [2.05, 4.69) is 16.0 Å². The van der Waals surface area contributed by atoms with Gasteiger partial charge in [0.2, 0.25) is 5.91 Å². The number of carbonyl (C=O) groups is 2. The number of nitro groups is 1. The normalized spacial score (nSPS) is 10.5. The quantitative estimate of drug-likeness (QED) is 0.481. The molecule has 0 spiro atoms. The number of aromatic nitrogens is 2. The number of rotatable bonds is 6. The van der Waals surface area contributed by atoms with E-state index in [1.165, 1.54) is 18.2 Å². The van der Waals surface area contributed by atoms with Crippen LogP contribution in [0.25, 0.3) is 5.69 Å². The van der Waals surface area contributed by atoms with Gasteiger partial charge in [-0.2, -0.15) is 5.10 Å². The molecule has 0 aliphatic carbocycles. The zero-order chi connectivity index (χ0) is 21.7. The Balaban J connectivity index is 1.58. The van der Waals surface area contributed by atoms with Gasteiger partial charge in [0.05, 0.1) is 16.3 Å². The van der Waals surface area contributed by atoms with Gasteiger partial charge in [0.25, 0.3) is 11.6 Å². The predicted molar refractivity (Wildman–Crippen MR) is 110 cm³/mol. The third-order valence-electron chi connectivity index (χ3n) is 4.68. The topological polar surface area (TPSA) is 119 Å². The van der Waals surface area contributed by atoms with E-state index in [0.29, 0.717) is 6.42 Å². The average molecular weight is 407 g/mol. The van der Waals surface area contributed by atoms with Gasteiger partial charge in [-0.25, -0.2) is 4.68 Å². The summed E-state index contributed by atoms with van der Waals surface area (Å²) in [4.78, 5) is 34.5. The van der Waals surface area contributed by atoms with Crippen LogP contribution in [0.5, 0.6) is 0 Å². The summed E-state index contributed by atoms with van der Waals surface area (Å²) in [6, 6.07) is 15.0. The number of hydrogen-bond donors (Lipinski definition) is 2. The molecule has 0 aliphatic heterocycles. The lowest BCUT2D eigenvalue weighted by Crippen LogP contribution is -2.41. The summed E-state index contributed by atoms with van der Waals surface area (Å²) in [5.74, 6) is -1.00. The number of nitrogens with zero attached hydrogens (tertiary/aromatic N) is 3. The monoisotopic (exact) mass is 407 g/mol. The van der Waals surface area contributed by atoms with Gasteiger partial charge < -0.3 is 0 Å². The maximum atomic E-state index is 12.2. The maximum absolute atomic E-state index is 12.2. The summed E-state index contributed by atoms with van der Waals surface area (Å²) in [5, 5.41) is 15.4. The highest BCUT2D eigenvalue weighted by atomic mass is 16.6. The summed E-state index contributed by atoms with van der Waals surface area (Å²) in [5.41, 5.74) is 8.21. The number of hydrazine groups is 1. The molecule has 154 valence electrons. The van der Waals surface area contributed by atoms with E-state index >= 15 is 0 Å². The number of carbonyl (C=O) groups excluding carboxylic acids is 2. The standard InChI is InChI=1S/C21H21N5O4/c1-14-19(15(2)25(24-14)17-8-4-3-5-9-17)11-12-20(27)22-23-21(28)16-7-6-10-18(13-16)26(29)30/h3-10,13H,11-12H2,1-2H3,(H,22,27)(H,23,28). The fourth-order valence-corrected chi connectivity index (χ4v) is 3.12. The smallest absolute Gasteiger partial charge is 0.270 e. The molecule has 0 radical (unpaired) electrons. The molecule has 0 atom stereocenters. The lowest BCUT2D eigenvalue weighted by molar-refractivity contribution is -0.384. The van der Waals surface area contributed by atoms with Crippen LogP contribution in [0.15, 0.2) is 54.6 Å². The van der Waals surface area contributed by atoms with Crippen LogP contribution in [0.3, 0.4) is 0 Å². The first kappa shape index (κ1) is 20.7. The van der Waals surface area contributed by atoms with Gasteiger partial charge in [-0.1, -0.05) is 24.3 Å². The van der Waals surface area contributed by atoms with E-state index in [-0.39, 0.29) is 23.6 Å². The van der Waals surface area contributed by atoms with Crippen molar-refractivity contribution in [2.75, 3.05) is 0 Å². The summed E-state index contributed by atoms with van der Waals surface area (Å²) in [7, 11) is 0. The zero-order valence-corrected chi connectivity index (χ0v) is 16.6. The molecular formula is C21H21N5O4. The Hall–Kier alpha value is -4.01. The molecule has 0 fully saturated rings. The third-order valence-corrected chi connectivity index (χ3v) is 4.68. The summed E-state index contributed by atoms with van der Waals surface area (Å²) < 4.78 is 1.84. The minimum Gasteiger partial charge on any atom is -0.273 e. The molecule has 9 nitrogen and oxygen atoms in total. The maximum Gasteiger partial charge on any atom is 0.270 e. The molecule has 9 heteroatoms. The number of hydrogen-bond acceptors (Lipinski definition) is 5. The van der Waals surface area contributed by atoms with Crippen LogP contribution in [0.4, 0.5) is 5.69 Å². The largest absolute Gasteiger partial charge is 0.273 e. The Labute approximate surface area is 172 Å². The Bertz CT molecular complexity index is 1090. The van der Waals surface area contributed by atoms with Crippen LogP contribution < -0.4 is 10.9 Å². The van der Waals surface area contributed by atoms with Crippen LogP contribution in [0.1, 0.15) is 33.7 Å². The number of benzene rings is 2. The molecule has 3 aromatic rings. The SMILES string of the molecule is Cc1nn(-c2ccccc2)c(C)c1CCC(=O)NNC(=O)c1cccc([N+](=O)[O-])c1. The van der Waals surface area contributed by atoms with Crippen molar-refractivity contribution in [1.29, 1.82) is 0 Å². The third kappa shape index (κ3) is 4.69. The van der Waals surface area contributed by atoms with Crippen molar-refractivity contribution in [3.63, 3.8) is 0 Å². The van der Waals surface area contributed by atoms with Crippen LogP contribution in [0.2, 0.25) is 0 Å². The lowest BCUT2D eigenvalue weighted by Gasteiger charge is -2.08. The highest BCUT2D eigenvalue weighted by molar-refractivity contribution is 5.95. The van der Waals surface area contributed by atoms with E-state index < -0.39 is 10.8 Å². The minimum atomic E-state index is -0.628. The van der Waals surface area contributed by atoms with Gasteiger partial charge in [0.1, 0.15) is 0 Å². The molecule has 0 bridgehead atoms. The minimum absolute atomic E-state index is 0.0836. The van der Waals surface area contributed by atoms with Gasteiger partial charge in [-0.15, -0.1) is 0 Å². The van der Waals surface area contributed by atoms with Crippen molar-refractivity contribution in [2.24, 2.45) is 0 Å². The molecule has 3 rings (SSSR count). The van der Waals surface area contributed by atoms with Crippen LogP contribution in [-0.2, 0) is 11.2 Å². The van der Waals surface area contributed by atoms with E-state index in [0.717, 1.165) is 28.7 Å². The fraction of sp³-hybridized carbons (Fsp3) is 0.190. The first-order chi connectivity index (χ1) is 14.4. The molecule has 0 aliphatic rings. The summed E-state index contributed by atoms with van der Waals surface area (Å²) >= 11 is 0. The second kappa shape index (κ2) is 8.99. The van der Waals surface area contributed by atoms with Crippen LogP contribution in [-0.4, -0.2) is 26.5 Å². The second-order valence-electron chi connectivity index (χ2n) is 6.71. The molecule has 30 heavy (non-hydrogen) atoms. The number of nitro benzene ring substituents is 1. The average Bonchev–Trinajstić information content (AvgIpc) is 3.04. The van der Waals surface area contributed by atoms with Gasteiger partial charge in [0.15, 0.2) is 0 Å². The van der Waals surface area contributed by atoms with Gasteiger partial charge in [-0.3, -0.25) is 30.6 Å². The van der Waals surface area contributed by atoms with E-state index in [1.807, 2.05) is 48.9 Å². The molecule has 0 saturated heterocycles. The molecule has 0 unspecified atom stereocenters. The fourth-order valence-electron chi connectivity index (χ4n) is 3.12. The van der Waals surface area contributed by atoms with E-state index in [1.54, 1.807) is 0 Å². The van der Waals surface area contributed by atoms with Crippen LogP contribution >= 0.6 is 0 Å². The second-order valence-corrected chi connectivity index (χ2v) is 6.71. The Kier molecular flexibility index (Phi) is 6.21. The molecule has 0 saturated carbocycles. The lowest BCUT2D eigenvalue weighted by atomic mass is 10.1. The highest BCUT2D eigenvalue weighted by Gasteiger charge is 2.15. The number of para-hydroxylation sites is 1.